The molecule has 3 aliphatic rings. The molecule has 0 bridgehead atoms. The molecule has 3 saturated carbocycles. The molecule has 0 amide bonds. The van der Waals surface area contributed by atoms with E-state index in [1.807, 2.05) is 0 Å². The molecule has 3 aliphatic carbocycles. The van der Waals surface area contributed by atoms with Gasteiger partial charge in [-0.25, -0.2) is 0 Å². The van der Waals surface area contributed by atoms with Crippen molar-refractivity contribution < 1.29 is 0 Å². The predicted molar refractivity (Wildman–Crippen MR) is 96.5 cm³/mol. The second kappa shape index (κ2) is 8.53. The van der Waals surface area contributed by atoms with Crippen LogP contribution >= 0.6 is 0 Å². The maximum atomic E-state index is 5.78. The summed E-state index contributed by atoms with van der Waals surface area (Å²) in [5, 5.41) is 0. The fourth-order valence-corrected chi connectivity index (χ4v) is 2.89. The Morgan fingerprint density at radius 1 is 0.524 bits per heavy atom. The van der Waals surface area contributed by atoms with Crippen molar-refractivity contribution in [2.75, 3.05) is 0 Å². The largest absolute Gasteiger partial charge is 0.325 e. The summed E-state index contributed by atoms with van der Waals surface area (Å²) in [6.45, 7) is 8.98. The molecule has 0 aliphatic heterocycles. The van der Waals surface area contributed by atoms with Crippen molar-refractivity contribution in [1.82, 2.24) is 0 Å². The molecule has 3 fully saturated rings. The van der Waals surface area contributed by atoms with Crippen LogP contribution in [0, 0.1) is 5.41 Å². The van der Waals surface area contributed by atoms with Crippen molar-refractivity contribution in [2.45, 2.75) is 117 Å². The van der Waals surface area contributed by atoms with Gasteiger partial charge in [0, 0.05) is 11.1 Å². The van der Waals surface area contributed by atoms with Gasteiger partial charge in [0.1, 0.15) is 0 Å². The van der Waals surface area contributed by atoms with Crippen LogP contribution in [-0.2, 0) is 0 Å². The molecule has 0 atom stereocenters. The van der Waals surface area contributed by atoms with Gasteiger partial charge in [-0.2, -0.15) is 0 Å². The van der Waals surface area contributed by atoms with Crippen LogP contribution in [0.15, 0.2) is 0 Å². The van der Waals surface area contributed by atoms with Crippen molar-refractivity contribution in [1.29, 1.82) is 0 Å². The first-order valence-electron chi connectivity index (χ1n) is 8.70. The molecular weight excluding hydrogens is 256 g/mol. The topological polar surface area (TPSA) is 52.0 Å². The Morgan fingerprint density at radius 2 is 0.810 bits per heavy atom. The van der Waals surface area contributed by atoms with Crippen LogP contribution in [0.3, 0.4) is 0 Å². The predicted octanol–water partition coefficient (Wildman–Crippen LogP) is 5.39. The van der Waals surface area contributed by atoms with Gasteiger partial charge in [0.05, 0.1) is 0 Å². The Labute approximate surface area is 134 Å². The van der Waals surface area contributed by atoms with E-state index in [0.29, 0.717) is 5.41 Å². The lowest BCUT2D eigenvalue weighted by molar-refractivity contribution is 0.244. The van der Waals surface area contributed by atoms with Gasteiger partial charge in [-0.15, -0.1) is 0 Å². The van der Waals surface area contributed by atoms with Crippen LogP contribution in [0.2, 0.25) is 0 Å². The van der Waals surface area contributed by atoms with Crippen molar-refractivity contribution in [2.24, 2.45) is 16.9 Å². The highest BCUT2D eigenvalue weighted by Gasteiger charge is 2.31. The van der Waals surface area contributed by atoms with E-state index >= 15 is 0 Å². The van der Waals surface area contributed by atoms with Crippen molar-refractivity contribution in [3.63, 3.8) is 0 Å². The number of nitrogens with two attached hydrogens (primary N) is 2. The third-order valence-electron chi connectivity index (χ3n) is 4.99. The highest BCUT2D eigenvalue weighted by atomic mass is 14.8. The summed E-state index contributed by atoms with van der Waals surface area (Å²) < 4.78 is 0. The zero-order chi connectivity index (χ0) is 15.3. The van der Waals surface area contributed by atoms with Gasteiger partial charge < -0.3 is 11.5 Å². The summed E-state index contributed by atoms with van der Waals surface area (Å²) >= 11 is 0. The molecule has 0 aromatic carbocycles. The second-order valence-electron chi connectivity index (χ2n) is 8.74. The van der Waals surface area contributed by atoms with E-state index in [0.717, 1.165) is 0 Å². The molecule has 2 heteroatoms. The van der Waals surface area contributed by atoms with E-state index in [4.69, 9.17) is 11.5 Å². The van der Waals surface area contributed by atoms with E-state index in [-0.39, 0.29) is 18.5 Å². The molecule has 0 aromatic rings. The van der Waals surface area contributed by atoms with Crippen LogP contribution in [-0.4, -0.2) is 11.1 Å². The van der Waals surface area contributed by atoms with Crippen LogP contribution in [0.25, 0.3) is 0 Å². The summed E-state index contributed by atoms with van der Waals surface area (Å²) in [5.41, 5.74) is 12.4. The van der Waals surface area contributed by atoms with Gasteiger partial charge in [-0.3, -0.25) is 0 Å². The first-order chi connectivity index (χ1) is 9.12. The molecule has 0 aromatic heterocycles. The van der Waals surface area contributed by atoms with Crippen LogP contribution < -0.4 is 11.5 Å². The Balaban J connectivity index is 0.000000286. The minimum absolute atomic E-state index is 0. The van der Waals surface area contributed by atoms with Gasteiger partial charge in [-0.05, 0) is 57.8 Å². The highest BCUT2D eigenvalue weighted by Crippen LogP contribution is 2.34. The molecule has 21 heavy (non-hydrogen) atoms. The van der Waals surface area contributed by atoms with Crippen LogP contribution in [0.1, 0.15) is 106 Å². The SMILES string of the molecule is C.CC1(C)CCCCC1.CC1(N)CC1.CC1(N)CCCC1. The van der Waals surface area contributed by atoms with Crippen LogP contribution in [0.4, 0.5) is 0 Å². The Bertz CT molecular complexity index is 257. The first kappa shape index (κ1) is 20.9. The normalized spacial score (nSPS) is 27.1. The zero-order valence-electron chi connectivity index (χ0n) is 14.4. The van der Waals surface area contributed by atoms with Gasteiger partial charge in [0.25, 0.3) is 0 Å². The Morgan fingerprint density at radius 3 is 0.952 bits per heavy atom. The molecule has 0 radical (unpaired) electrons. The molecule has 0 spiro atoms. The van der Waals surface area contributed by atoms with E-state index in [1.54, 1.807) is 0 Å². The van der Waals surface area contributed by atoms with Crippen molar-refractivity contribution in [3.05, 3.63) is 0 Å². The van der Waals surface area contributed by atoms with Gasteiger partial charge in [-0.1, -0.05) is 53.4 Å². The van der Waals surface area contributed by atoms with Crippen molar-refractivity contribution >= 4 is 0 Å². The standard InChI is InChI=1S/C8H16.C6H13N.C4H9N.CH4/c1-8(2)6-4-3-5-7-8;1-6(7)4-2-3-5-6;1-4(5)2-3-4;/h3-7H2,1-2H3;2-5,7H2,1H3;2-3,5H2,1H3;1H4. The minimum Gasteiger partial charge on any atom is -0.325 e. The molecule has 128 valence electrons. The second-order valence-corrected chi connectivity index (χ2v) is 8.74. The number of hydrogen-bond donors (Lipinski definition) is 2. The first-order valence-corrected chi connectivity index (χ1v) is 8.70. The monoisotopic (exact) mass is 298 g/mol. The maximum Gasteiger partial charge on any atom is 0.0127 e. The third kappa shape index (κ3) is 11.2. The van der Waals surface area contributed by atoms with E-state index in [2.05, 4.69) is 27.7 Å². The lowest BCUT2D eigenvalue weighted by atomic mass is 9.78. The molecule has 2 nitrogen and oxygen atoms in total. The number of hydrogen-bond acceptors (Lipinski definition) is 2. The van der Waals surface area contributed by atoms with Gasteiger partial charge in [0.15, 0.2) is 0 Å². The molecule has 4 N–H and O–H groups in total. The molecule has 0 unspecified atom stereocenters. The molecule has 0 heterocycles. The lowest BCUT2D eigenvalue weighted by Crippen LogP contribution is -2.31. The lowest BCUT2D eigenvalue weighted by Gasteiger charge is -2.28. The summed E-state index contributed by atoms with van der Waals surface area (Å²) in [6, 6.07) is 0. The summed E-state index contributed by atoms with van der Waals surface area (Å²) in [7, 11) is 0. The molecule has 0 saturated heterocycles. The fourth-order valence-electron chi connectivity index (χ4n) is 2.89. The van der Waals surface area contributed by atoms with E-state index in [1.165, 1.54) is 70.6 Å². The Hall–Kier alpha value is -0.0800. The molecular formula is C19H42N2. The summed E-state index contributed by atoms with van der Waals surface area (Å²) in [5.74, 6) is 0. The van der Waals surface area contributed by atoms with Crippen LogP contribution in [0.5, 0.6) is 0 Å². The average molecular weight is 299 g/mol. The smallest absolute Gasteiger partial charge is 0.0127 e. The number of rotatable bonds is 0. The van der Waals surface area contributed by atoms with Gasteiger partial charge in [0.2, 0.25) is 0 Å². The van der Waals surface area contributed by atoms with E-state index < -0.39 is 0 Å². The Kier molecular flexibility index (Phi) is 8.49. The fraction of sp³-hybridized carbons (Fsp3) is 1.00. The van der Waals surface area contributed by atoms with Gasteiger partial charge >= 0.3 is 0 Å². The minimum atomic E-state index is 0. The molecule has 3 rings (SSSR count). The van der Waals surface area contributed by atoms with E-state index in [9.17, 15) is 0 Å². The summed E-state index contributed by atoms with van der Waals surface area (Å²) in [4.78, 5) is 0. The highest BCUT2D eigenvalue weighted by molar-refractivity contribution is 4.93. The average Bonchev–Trinajstić information content (AvgIpc) is 2.85. The third-order valence-corrected chi connectivity index (χ3v) is 4.99. The maximum absolute atomic E-state index is 5.78. The van der Waals surface area contributed by atoms with Crippen molar-refractivity contribution in [3.8, 4) is 0 Å². The zero-order valence-corrected chi connectivity index (χ0v) is 14.4. The quantitative estimate of drug-likeness (QED) is 0.630. The summed E-state index contributed by atoms with van der Waals surface area (Å²) in [6.07, 6.45) is 14.9.